The molecule has 0 saturated carbocycles. The minimum absolute atomic E-state index is 0.278. The van der Waals surface area contributed by atoms with Crippen LogP contribution in [0.5, 0.6) is 0 Å². The zero-order valence-electron chi connectivity index (χ0n) is 13.8. The van der Waals surface area contributed by atoms with E-state index >= 15 is 0 Å². The molecule has 1 aromatic carbocycles. The molecule has 1 fully saturated rings. The molecule has 9 heteroatoms. The van der Waals surface area contributed by atoms with Gasteiger partial charge in [0.25, 0.3) is 0 Å². The topological polar surface area (TPSA) is 37.4 Å². The second-order valence-electron chi connectivity index (χ2n) is 6.01. The molecule has 1 atom stereocenters. The Labute approximate surface area is 159 Å². The van der Waals surface area contributed by atoms with Crippen LogP contribution in [0.4, 0.5) is 13.2 Å². The summed E-state index contributed by atoms with van der Waals surface area (Å²) in [6, 6.07) is 8.38. The van der Waals surface area contributed by atoms with Crippen molar-refractivity contribution in [1.29, 1.82) is 0 Å². The number of thiophene rings is 1. The van der Waals surface area contributed by atoms with Gasteiger partial charge < -0.3 is 0 Å². The Bertz CT molecular complexity index is 818. The SMILES string of the molecule is O=S(=O)(Cc1ccc(C(F)(F)F)cc1)N1CCSC(c2cccs2)CC1. The van der Waals surface area contributed by atoms with Crippen molar-refractivity contribution in [2.75, 3.05) is 18.8 Å². The average molecular weight is 422 g/mol. The van der Waals surface area contributed by atoms with E-state index < -0.39 is 21.8 Å². The number of halogens is 3. The molecule has 1 unspecified atom stereocenters. The highest BCUT2D eigenvalue weighted by molar-refractivity contribution is 7.99. The van der Waals surface area contributed by atoms with Crippen molar-refractivity contribution >= 4 is 33.1 Å². The van der Waals surface area contributed by atoms with E-state index in [1.54, 1.807) is 23.1 Å². The van der Waals surface area contributed by atoms with Crippen molar-refractivity contribution in [3.05, 3.63) is 57.8 Å². The van der Waals surface area contributed by atoms with E-state index in [9.17, 15) is 21.6 Å². The third-order valence-electron chi connectivity index (χ3n) is 4.18. The van der Waals surface area contributed by atoms with Gasteiger partial charge >= 0.3 is 6.18 Å². The average Bonchev–Trinajstić information content (AvgIpc) is 2.98. The Morgan fingerprint density at radius 2 is 1.85 bits per heavy atom. The van der Waals surface area contributed by atoms with Gasteiger partial charge in [-0.15, -0.1) is 11.3 Å². The molecule has 1 aromatic heterocycles. The summed E-state index contributed by atoms with van der Waals surface area (Å²) in [7, 11) is -3.56. The lowest BCUT2D eigenvalue weighted by Gasteiger charge is -2.20. The van der Waals surface area contributed by atoms with Gasteiger partial charge in [-0.1, -0.05) is 18.2 Å². The van der Waals surface area contributed by atoms with E-state index in [4.69, 9.17) is 0 Å². The van der Waals surface area contributed by atoms with Gasteiger partial charge in [-0.3, -0.25) is 0 Å². The summed E-state index contributed by atoms with van der Waals surface area (Å²) in [5.41, 5.74) is -0.409. The van der Waals surface area contributed by atoms with Crippen LogP contribution in [-0.2, 0) is 22.0 Å². The molecule has 26 heavy (non-hydrogen) atoms. The molecule has 1 saturated heterocycles. The highest BCUT2D eigenvalue weighted by atomic mass is 32.2. The maximum absolute atomic E-state index is 12.7. The van der Waals surface area contributed by atoms with Crippen LogP contribution >= 0.6 is 23.1 Å². The molecule has 1 aliphatic heterocycles. The molecule has 0 amide bonds. The molecule has 0 aliphatic carbocycles. The minimum Gasteiger partial charge on any atom is -0.212 e. The fraction of sp³-hybridized carbons (Fsp3) is 0.412. The Morgan fingerprint density at radius 3 is 2.46 bits per heavy atom. The summed E-state index contributed by atoms with van der Waals surface area (Å²) in [4.78, 5) is 1.25. The second kappa shape index (κ2) is 7.92. The van der Waals surface area contributed by atoms with E-state index in [1.165, 1.54) is 21.3 Å². The molecule has 1 aliphatic rings. The predicted octanol–water partition coefficient (Wildman–Crippen LogP) is 4.78. The molecule has 2 aromatic rings. The molecule has 3 rings (SSSR count). The first-order valence-electron chi connectivity index (χ1n) is 8.05. The van der Waals surface area contributed by atoms with Gasteiger partial charge in [0, 0.05) is 29.0 Å². The van der Waals surface area contributed by atoms with Crippen LogP contribution in [-0.4, -0.2) is 31.6 Å². The van der Waals surface area contributed by atoms with E-state index in [0.29, 0.717) is 29.7 Å². The smallest absolute Gasteiger partial charge is 0.212 e. The summed E-state index contributed by atoms with van der Waals surface area (Å²) < 4.78 is 64.7. The largest absolute Gasteiger partial charge is 0.416 e. The molecule has 0 radical (unpaired) electrons. The van der Waals surface area contributed by atoms with Crippen LogP contribution in [0.2, 0.25) is 0 Å². The first kappa shape index (κ1) is 19.7. The maximum atomic E-state index is 12.7. The van der Waals surface area contributed by atoms with Gasteiger partial charge in [0.15, 0.2) is 0 Å². The molecule has 142 valence electrons. The van der Waals surface area contributed by atoms with Crippen LogP contribution in [0.1, 0.15) is 27.7 Å². The molecule has 0 bridgehead atoms. The van der Waals surface area contributed by atoms with E-state index in [1.807, 2.05) is 11.4 Å². The highest BCUT2D eigenvalue weighted by Gasteiger charge is 2.31. The highest BCUT2D eigenvalue weighted by Crippen LogP contribution is 2.37. The van der Waals surface area contributed by atoms with Gasteiger partial charge in [0.2, 0.25) is 10.0 Å². The van der Waals surface area contributed by atoms with Crippen LogP contribution in [0.15, 0.2) is 41.8 Å². The third-order valence-corrected chi connectivity index (χ3v) is 8.48. The Kier molecular flexibility index (Phi) is 6.01. The first-order valence-corrected chi connectivity index (χ1v) is 11.6. The van der Waals surface area contributed by atoms with E-state index in [-0.39, 0.29) is 5.75 Å². The number of alkyl halides is 3. The maximum Gasteiger partial charge on any atom is 0.416 e. The summed E-state index contributed by atoms with van der Waals surface area (Å²) >= 11 is 3.42. The first-order chi connectivity index (χ1) is 12.3. The van der Waals surface area contributed by atoms with Crippen molar-refractivity contribution in [3.63, 3.8) is 0 Å². The Balaban J connectivity index is 1.66. The van der Waals surface area contributed by atoms with Crippen molar-refractivity contribution in [1.82, 2.24) is 4.31 Å². The van der Waals surface area contributed by atoms with Crippen molar-refractivity contribution < 1.29 is 21.6 Å². The lowest BCUT2D eigenvalue weighted by atomic mass is 10.1. The number of benzene rings is 1. The van der Waals surface area contributed by atoms with Gasteiger partial charge in [-0.2, -0.15) is 24.9 Å². The molecule has 0 spiro atoms. The van der Waals surface area contributed by atoms with E-state index in [2.05, 4.69) is 6.07 Å². The summed E-state index contributed by atoms with van der Waals surface area (Å²) in [6.07, 6.45) is -3.69. The number of rotatable bonds is 4. The third kappa shape index (κ3) is 4.82. The number of nitrogens with zero attached hydrogens (tertiary/aromatic N) is 1. The predicted molar refractivity (Wildman–Crippen MR) is 99.8 cm³/mol. The molecule has 2 heterocycles. The fourth-order valence-electron chi connectivity index (χ4n) is 2.82. The zero-order chi connectivity index (χ0) is 18.8. The number of sulfonamides is 1. The lowest BCUT2D eigenvalue weighted by molar-refractivity contribution is -0.137. The van der Waals surface area contributed by atoms with Gasteiger partial charge in [-0.05, 0) is 35.6 Å². The molecule has 0 N–H and O–H groups in total. The number of hydrogen-bond acceptors (Lipinski definition) is 4. The lowest BCUT2D eigenvalue weighted by Crippen LogP contribution is -2.34. The summed E-state index contributed by atoms with van der Waals surface area (Å²) in [5, 5.41) is 2.31. The van der Waals surface area contributed by atoms with Gasteiger partial charge in [-0.25, -0.2) is 12.7 Å². The fourth-order valence-corrected chi connectivity index (χ4v) is 6.72. The molecule has 3 nitrogen and oxygen atoms in total. The zero-order valence-corrected chi connectivity index (χ0v) is 16.2. The number of thioether (sulfide) groups is 1. The monoisotopic (exact) mass is 421 g/mol. The van der Waals surface area contributed by atoms with Crippen LogP contribution in [0.3, 0.4) is 0 Å². The van der Waals surface area contributed by atoms with Crippen LogP contribution < -0.4 is 0 Å². The molecular formula is C17H18F3NO2S3. The van der Waals surface area contributed by atoms with Crippen molar-refractivity contribution in [2.24, 2.45) is 0 Å². The summed E-state index contributed by atoms with van der Waals surface area (Å²) in [6.45, 7) is 0.855. The van der Waals surface area contributed by atoms with Gasteiger partial charge in [0.05, 0.1) is 11.3 Å². The quantitative estimate of drug-likeness (QED) is 0.713. The van der Waals surface area contributed by atoms with Crippen LogP contribution in [0.25, 0.3) is 0 Å². The van der Waals surface area contributed by atoms with Crippen LogP contribution in [0, 0.1) is 0 Å². The Morgan fingerprint density at radius 1 is 1.12 bits per heavy atom. The second-order valence-corrected chi connectivity index (χ2v) is 10.3. The van der Waals surface area contributed by atoms with E-state index in [0.717, 1.165) is 18.6 Å². The van der Waals surface area contributed by atoms with Gasteiger partial charge in [0.1, 0.15) is 0 Å². The minimum atomic E-state index is -4.42. The normalized spacial score (nSPS) is 20.0. The molecular weight excluding hydrogens is 403 g/mol. The number of hydrogen-bond donors (Lipinski definition) is 0. The van der Waals surface area contributed by atoms with Crippen molar-refractivity contribution in [3.8, 4) is 0 Å². The standard InChI is InChI=1S/C17H18F3NO2S3/c18-17(19,20)14-5-3-13(4-6-14)12-26(22,23)21-8-7-16(25-11-9-21)15-2-1-10-24-15/h1-6,10,16H,7-9,11-12H2. The van der Waals surface area contributed by atoms with Crippen molar-refractivity contribution in [2.45, 2.75) is 23.6 Å². The Hall–Kier alpha value is -1.03. The summed E-state index contributed by atoms with van der Waals surface area (Å²) in [5.74, 6) is 0.425.